The molecule has 2 saturated carbocycles. The fourth-order valence-electron chi connectivity index (χ4n) is 2.82. The van der Waals surface area contributed by atoms with Crippen LogP contribution in [0.3, 0.4) is 0 Å². The summed E-state index contributed by atoms with van der Waals surface area (Å²) < 4.78 is 0. The molecule has 3 rings (SSSR count). The van der Waals surface area contributed by atoms with Gasteiger partial charge in [0, 0.05) is 0 Å². The van der Waals surface area contributed by atoms with E-state index in [1.54, 1.807) is 0 Å². The molecule has 0 aromatic heterocycles. The Balaban J connectivity index is 1.78. The maximum absolute atomic E-state index is 2.59. The first-order chi connectivity index (χ1) is 5.95. The number of hydrogen-bond acceptors (Lipinski definition) is 0. The molecule has 3 aliphatic rings. The zero-order valence-electron chi connectivity index (χ0n) is 7.76. The highest BCUT2D eigenvalue weighted by atomic mass is 14.4. The van der Waals surface area contributed by atoms with Gasteiger partial charge >= 0.3 is 0 Å². The molecular weight excluding hydrogens is 144 g/mol. The molecule has 0 bridgehead atoms. The van der Waals surface area contributed by atoms with E-state index in [4.69, 9.17) is 0 Å². The fraction of sp³-hybridized carbons (Fsp3) is 0.833. The van der Waals surface area contributed by atoms with E-state index in [0.717, 1.165) is 17.8 Å². The number of allylic oxidation sites excluding steroid dienone is 2. The average molecular weight is 162 g/mol. The first-order valence-corrected chi connectivity index (χ1v) is 5.65. The van der Waals surface area contributed by atoms with Gasteiger partial charge in [0.2, 0.25) is 0 Å². The normalized spacial score (nSPS) is 36.3. The molecule has 66 valence electrons. The minimum Gasteiger partial charge on any atom is -0.0848 e. The molecule has 0 aliphatic heterocycles. The first kappa shape index (κ1) is 7.17. The number of hydrogen-bond donors (Lipinski definition) is 0. The minimum absolute atomic E-state index is 1.05. The van der Waals surface area contributed by atoms with Crippen LogP contribution in [-0.4, -0.2) is 0 Å². The van der Waals surface area contributed by atoms with Crippen molar-refractivity contribution in [2.24, 2.45) is 17.8 Å². The van der Waals surface area contributed by atoms with Crippen LogP contribution in [0.1, 0.15) is 44.9 Å². The summed E-state index contributed by atoms with van der Waals surface area (Å²) in [5.74, 6) is 3.22. The maximum atomic E-state index is 2.59. The molecule has 0 amide bonds. The Morgan fingerprint density at radius 1 is 1.00 bits per heavy atom. The molecule has 3 aliphatic carbocycles. The molecule has 0 aromatic rings. The highest BCUT2D eigenvalue weighted by Crippen LogP contribution is 2.51. The standard InChI is InChI=1S/C12H18/c1-2-4-12(10-7-8-10)11(3-1)9-5-6-9/h3,9-10,12H,1-2,4-8H2. The lowest BCUT2D eigenvalue weighted by atomic mass is 9.82. The van der Waals surface area contributed by atoms with E-state index < -0.39 is 0 Å². The average Bonchev–Trinajstić information content (AvgIpc) is 2.99. The summed E-state index contributed by atoms with van der Waals surface area (Å²) in [6.45, 7) is 0. The Kier molecular flexibility index (Phi) is 1.56. The van der Waals surface area contributed by atoms with E-state index in [1.807, 2.05) is 5.57 Å². The summed E-state index contributed by atoms with van der Waals surface area (Å²) in [7, 11) is 0. The summed E-state index contributed by atoms with van der Waals surface area (Å²) in [5.41, 5.74) is 1.89. The van der Waals surface area contributed by atoms with Crippen LogP contribution in [0.15, 0.2) is 11.6 Å². The molecule has 0 heteroatoms. The van der Waals surface area contributed by atoms with Crippen LogP contribution in [0.25, 0.3) is 0 Å². The van der Waals surface area contributed by atoms with Gasteiger partial charge in [0.1, 0.15) is 0 Å². The summed E-state index contributed by atoms with van der Waals surface area (Å²) in [5, 5.41) is 0. The Morgan fingerprint density at radius 3 is 2.50 bits per heavy atom. The third kappa shape index (κ3) is 1.22. The fourth-order valence-corrected chi connectivity index (χ4v) is 2.82. The van der Waals surface area contributed by atoms with Crippen LogP contribution in [0.5, 0.6) is 0 Å². The molecule has 0 heterocycles. The van der Waals surface area contributed by atoms with E-state index >= 15 is 0 Å². The molecule has 0 aromatic carbocycles. The van der Waals surface area contributed by atoms with Gasteiger partial charge in [0.25, 0.3) is 0 Å². The zero-order valence-corrected chi connectivity index (χ0v) is 7.76. The smallest absolute Gasteiger partial charge is 0.0172 e. The summed E-state index contributed by atoms with van der Waals surface area (Å²) in [6.07, 6.45) is 13.1. The Morgan fingerprint density at radius 2 is 1.83 bits per heavy atom. The van der Waals surface area contributed by atoms with E-state index in [9.17, 15) is 0 Å². The van der Waals surface area contributed by atoms with Crippen LogP contribution < -0.4 is 0 Å². The molecule has 0 saturated heterocycles. The van der Waals surface area contributed by atoms with Gasteiger partial charge in [0.15, 0.2) is 0 Å². The van der Waals surface area contributed by atoms with Crippen molar-refractivity contribution in [3.05, 3.63) is 11.6 Å². The molecule has 12 heavy (non-hydrogen) atoms. The topological polar surface area (TPSA) is 0 Å². The van der Waals surface area contributed by atoms with Crippen molar-refractivity contribution >= 4 is 0 Å². The van der Waals surface area contributed by atoms with Crippen molar-refractivity contribution in [3.8, 4) is 0 Å². The third-order valence-corrected chi connectivity index (χ3v) is 3.77. The first-order valence-electron chi connectivity index (χ1n) is 5.65. The minimum atomic E-state index is 1.05. The SMILES string of the molecule is C1=C(C2CC2)C(C2CC2)CCC1. The van der Waals surface area contributed by atoms with E-state index in [-0.39, 0.29) is 0 Å². The molecule has 1 atom stereocenters. The van der Waals surface area contributed by atoms with Gasteiger partial charge in [-0.25, -0.2) is 0 Å². The predicted octanol–water partition coefficient (Wildman–Crippen LogP) is 3.53. The zero-order chi connectivity index (χ0) is 7.97. The molecule has 0 nitrogen and oxygen atoms in total. The Hall–Kier alpha value is -0.260. The summed E-state index contributed by atoms with van der Waals surface area (Å²) in [4.78, 5) is 0. The monoisotopic (exact) mass is 162 g/mol. The lowest BCUT2D eigenvalue weighted by molar-refractivity contribution is 0.439. The van der Waals surface area contributed by atoms with Gasteiger partial charge in [-0.2, -0.15) is 0 Å². The van der Waals surface area contributed by atoms with Gasteiger partial charge in [-0.15, -0.1) is 0 Å². The highest BCUT2D eigenvalue weighted by molar-refractivity contribution is 5.20. The second kappa shape index (κ2) is 2.61. The Bertz CT molecular complexity index is 206. The van der Waals surface area contributed by atoms with Crippen molar-refractivity contribution in [2.75, 3.05) is 0 Å². The second-order valence-electron chi connectivity index (χ2n) is 4.85. The van der Waals surface area contributed by atoms with Crippen LogP contribution in [-0.2, 0) is 0 Å². The lowest BCUT2D eigenvalue weighted by Crippen LogP contribution is -2.12. The molecule has 2 fully saturated rings. The van der Waals surface area contributed by atoms with E-state index in [2.05, 4.69) is 6.08 Å². The van der Waals surface area contributed by atoms with Crippen LogP contribution >= 0.6 is 0 Å². The quantitative estimate of drug-likeness (QED) is 0.545. The van der Waals surface area contributed by atoms with Gasteiger partial charge in [-0.1, -0.05) is 11.6 Å². The second-order valence-corrected chi connectivity index (χ2v) is 4.85. The predicted molar refractivity (Wildman–Crippen MR) is 50.9 cm³/mol. The molecular formula is C12H18. The van der Waals surface area contributed by atoms with Crippen LogP contribution in [0.2, 0.25) is 0 Å². The lowest BCUT2D eigenvalue weighted by Gasteiger charge is -2.24. The van der Waals surface area contributed by atoms with Gasteiger partial charge < -0.3 is 0 Å². The number of rotatable bonds is 2. The maximum Gasteiger partial charge on any atom is -0.0172 e. The van der Waals surface area contributed by atoms with E-state index in [1.165, 1.54) is 44.9 Å². The van der Waals surface area contributed by atoms with Gasteiger partial charge in [-0.05, 0) is 62.7 Å². The molecule has 0 radical (unpaired) electrons. The third-order valence-electron chi connectivity index (χ3n) is 3.77. The van der Waals surface area contributed by atoms with Crippen molar-refractivity contribution < 1.29 is 0 Å². The van der Waals surface area contributed by atoms with Crippen LogP contribution in [0.4, 0.5) is 0 Å². The highest BCUT2D eigenvalue weighted by Gasteiger charge is 2.39. The van der Waals surface area contributed by atoms with Crippen molar-refractivity contribution in [1.29, 1.82) is 0 Å². The summed E-state index contributed by atoms with van der Waals surface area (Å²) in [6, 6.07) is 0. The molecule has 0 spiro atoms. The van der Waals surface area contributed by atoms with Crippen molar-refractivity contribution in [2.45, 2.75) is 44.9 Å². The molecule has 0 N–H and O–H groups in total. The Labute approximate surface area is 75.0 Å². The molecule has 1 unspecified atom stereocenters. The van der Waals surface area contributed by atoms with Gasteiger partial charge in [0.05, 0.1) is 0 Å². The van der Waals surface area contributed by atoms with E-state index in [0.29, 0.717) is 0 Å². The van der Waals surface area contributed by atoms with Crippen molar-refractivity contribution in [1.82, 2.24) is 0 Å². The largest absolute Gasteiger partial charge is 0.0848 e. The van der Waals surface area contributed by atoms with Gasteiger partial charge in [-0.3, -0.25) is 0 Å². The van der Waals surface area contributed by atoms with Crippen molar-refractivity contribution in [3.63, 3.8) is 0 Å². The summed E-state index contributed by atoms with van der Waals surface area (Å²) >= 11 is 0. The van der Waals surface area contributed by atoms with Crippen LogP contribution in [0, 0.1) is 17.8 Å².